The molecule has 0 heterocycles. The Hall–Kier alpha value is -1.11. The van der Waals surface area contributed by atoms with Crippen molar-refractivity contribution in [3.05, 3.63) is 37.5 Å². The van der Waals surface area contributed by atoms with Gasteiger partial charge in [0.25, 0.3) is 0 Å². The molecule has 76 valence electrons. The van der Waals surface area contributed by atoms with E-state index in [4.69, 9.17) is 0 Å². The lowest BCUT2D eigenvalue weighted by atomic mass is 10.3. The van der Waals surface area contributed by atoms with Crippen LogP contribution in [0, 0.1) is 0 Å². The highest BCUT2D eigenvalue weighted by atomic mass is 16.1. The second kappa shape index (κ2) is 22.4. The fourth-order valence-electron chi connectivity index (χ4n) is 0.424. The van der Waals surface area contributed by atoms with E-state index < -0.39 is 0 Å². The molecule has 0 radical (unpaired) electrons. The number of carbonyl (C=O) groups excluding carboxylic acids is 1. The average molecular weight is 182 g/mol. The van der Waals surface area contributed by atoms with Crippen molar-refractivity contribution in [3.63, 3.8) is 0 Å². The topological polar surface area (TPSA) is 17.1 Å². The quantitative estimate of drug-likeness (QED) is 0.477. The van der Waals surface area contributed by atoms with Gasteiger partial charge in [0.1, 0.15) is 5.78 Å². The van der Waals surface area contributed by atoms with Crippen LogP contribution in [0.4, 0.5) is 0 Å². The molecule has 0 aromatic rings. The maximum absolute atomic E-state index is 10.3. The van der Waals surface area contributed by atoms with Crippen LogP contribution in [0.3, 0.4) is 0 Å². The number of hydrogen-bond acceptors (Lipinski definition) is 1. The summed E-state index contributed by atoms with van der Waals surface area (Å²) in [5.74, 6) is 0.204. The number of ketones is 1. The minimum absolute atomic E-state index is 0.204. The molecule has 0 bridgehead atoms. The molecule has 0 spiro atoms. The zero-order chi connectivity index (χ0) is 11.1. The van der Waals surface area contributed by atoms with Gasteiger partial charge in [-0.15, -0.1) is 13.2 Å². The van der Waals surface area contributed by atoms with Crippen LogP contribution in [-0.2, 0) is 4.79 Å². The first-order chi connectivity index (χ1) is 6.27. The van der Waals surface area contributed by atoms with Crippen molar-refractivity contribution in [3.8, 4) is 0 Å². The summed E-state index contributed by atoms with van der Waals surface area (Å²) >= 11 is 0. The van der Waals surface area contributed by atoms with Crippen LogP contribution in [0.15, 0.2) is 37.5 Å². The predicted octanol–water partition coefficient (Wildman–Crippen LogP) is 3.93. The summed E-state index contributed by atoms with van der Waals surface area (Å²) in [6.07, 6.45) is 8.10. The Balaban J connectivity index is -0.000000218. The van der Waals surface area contributed by atoms with Gasteiger partial charge in [-0.2, -0.15) is 0 Å². The Morgan fingerprint density at radius 3 is 2.00 bits per heavy atom. The molecule has 0 amide bonds. The summed E-state index contributed by atoms with van der Waals surface area (Å²) < 4.78 is 0. The molecule has 0 atom stereocenters. The van der Waals surface area contributed by atoms with Crippen molar-refractivity contribution in [2.24, 2.45) is 0 Å². The molecule has 0 fully saturated rings. The third-order valence-corrected chi connectivity index (χ3v) is 0.845. The van der Waals surface area contributed by atoms with E-state index in [0.29, 0.717) is 6.42 Å². The minimum atomic E-state index is 0.204. The molecule has 0 saturated carbocycles. The molecule has 0 aliphatic heterocycles. The Morgan fingerprint density at radius 2 is 1.69 bits per heavy atom. The van der Waals surface area contributed by atoms with Gasteiger partial charge in [-0.3, -0.25) is 4.79 Å². The zero-order valence-corrected chi connectivity index (χ0v) is 9.34. The highest BCUT2D eigenvalue weighted by Crippen LogP contribution is 1.84. The fourth-order valence-corrected chi connectivity index (χ4v) is 0.424. The SMILES string of the molecule is C/C=C\C=C\CC(C)=O.C=C.CC. The summed E-state index contributed by atoms with van der Waals surface area (Å²) in [5.41, 5.74) is 0. The highest BCUT2D eigenvalue weighted by molar-refractivity contribution is 5.76. The monoisotopic (exact) mass is 182 g/mol. The van der Waals surface area contributed by atoms with Gasteiger partial charge in [-0.05, 0) is 13.8 Å². The molecule has 1 heteroatoms. The van der Waals surface area contributed by atoms with E-state index in [2.05, 4.69) is 13.2 Å². The smallest absolute Gasteiger partial charge is 0.133 e. The van der Waals surface area contributed by atoms with Gasteiger partial charge >= 0.3 is 0 Å². The Bertz CT molecular complexity index is 143. The van der Waals surface area contributed by atoms with Crippen LogP contribution in [0.2, 0.25) is 0 Å². The molecule has 0 aromatic carbocycles. The van der Waals surface area contributed by atoms with Crippen LogP contribution in [-0.4, -0.2) is 5.78 Å². The lowest BCUT2D eigenvalue weighted by molar-refractivity contribution is -0.116. The van der Waals surface area contributed by atoms with Gasteiger partial charge in [0.2, 0.25) is 0 Å². The minimum Gasteiger partial charge on any atom is -0.300 e. The first kappa shape index (κ1) is 17.8. The van der Waals surface area contributed by atoms with Gasteiger partial charge in [-0.1, -0.05) is 38.2 Å². The number of hydrogen-bond donors (Lipinski definition) is 0. The normalized spacial score (nSPS) is 8.62. The van der Waals surface area contributed by atoms with E-state index >= 15 is 0 Å². The molecule has 0 aliphatic rings. The first-order valence-corrected chi connectivity index (χ1v) is 4.54. The van der Waals surface area contributed by atoms with Crippen molar-refractivity contribution in [2.75, 3.05) is 0 Å². The Labute approximate surface area is 82.9 Å². The summed E-state index contributed by atoms with van der Waals surface area (Å²) in [6, 6.07) is 0. The Morgan fingerprint density at radius 1 is 1.23 bits per heavy atom. The van der Waals surface area contributed by atoms with Crippen LogP contribution in [0.25, 0.3) is 0 Å². The number of Topliss-reactive ketones (excluding diaryl/α,β-unsaturated/α-hetero) is 1. The van der Waals surface area contributed by atoms with Gasteiger partial charge < -0.3 is 0 Å². The molecule has 0 unspecified atom stereocenters. The molecule has 1 nitrogen and oxygen atoms in total. The van der Waals surface area contributed by atoms with Gasteiger partial charge in [-0.25, -0.2) is 0 Å². The summed E-state index contributed by atoms with van der Waals surface area (Å²) in [5, 5.41) is 0. The maximum atomic E-state index is 10.3. The molecular weight excluding hydrogens is 160 g/mol. The second-order valence-electron chi connectivity index (χ2n) is 1.86. The van der Waals surface area contributed by atoms with Crippen molar-refractivity contribution in [1.82, 2.24) is 0 Å². The molecule has 0 N–H and O–H groups in total. The number of carbonyl (C=O) groups is 1. The third kappa shape index (κ3) is 36.0. The van der Waals surface area contributed by atoms with Gasteiger partial charge in [0.15, 0.2) is 0 Å². The average Bonchev–Trinajstić information content (AvgIpc) is 2.19. The maximum Gasteiger partial charge on any atom is 0.133 e. The molecule has 0 aromatic heterocycles. The molecule has 0 rings (SSSR count). The second-order valence-corrected chi connectivity index (χ2v) is 1.86. The predicted molar refractivity (Wildman–Crippen MR) is 61.9 cm³/mol. The number of allylic oxidation sites excluding steroid dienone is 4. The van der Waals surface area contributed by atoms with Crippen molar-refractivity contribution >= 4 is 5.78 Å². The van der Waals surface area contributed by atoms with Crippen LogP contribution < -0.4 is 0 Å². The van der Waals surface area contributed by atoms with E-state index in [0.717, 1.165) is 0 Å². The van der Waals surface area contributed by atoms with Crippen LogP contribution >= 0.6 is 0 Å². The van der Waals surface area contributed by atoms with E-state index in [1.807, 2.05) is 45.1 Å². The molecular formula is C12H22O. The van der Waals surface area contributed by atoms with E-state index in [9.17, 15) is 4.79 Å². The summed E-state index contributed by atoms with van der Waals surface area (Å²) in [4.78, 5) is 10.3. The van der Waals surface area contributed by atoms with Crippen molar-refractivity contribution < 1.29 is 4.79 Å². The number of rotatable bonds is 3. The van der Waals surface area contributed by atoms with Crippen molar-refractivity contribution in [1.29, 1.82) is 0 Å². The standard InChI is InChI=1S/C8H12O.C2H6.C2H4/c1-3-4-5-6-7-8(2)9;2*1-2/h3-6H,7H2,1-2H3;1-2H3;1-2H2/b4-3-,6-5+;;. The fraction of sp³-hybridized carbons (Fsp3) is 0.417. The molecule has 13 heavy (non-hydrogen) atoms. The van der Waals surface area contributed by atoms with E-state index in [1.54, 1.807) is 6.92 Å². The van der Waals surface area contributed by atoms with Crippen LogP contribution in [0.1, 0.15) is 34.1 Å². The first-order valence-electron chi connectivity index (χ1n) is 4.54. The van der Waals surface area contributed by atoms with Gasteiger partial charge in [0.05, 0.1) is 0 Å². The lowest BCUT2D eigenvalue weighted by Gasteiger charge is -1.79. The lowest BCUT2D eigenvalue weighted by Crippen LogP contribution is -1.82. The highest BCUT2D eigenvalue weighted by Gasteiger charge is 1.82. The van der Waals surface area contributed by atoms with Crippen LogP contribution in [0.5, 0.6) is 0 Å². The third-order valence-electron chi connectivity index (χ3n) is 0.845. The summed E-state index contributed by atoms with van der Waals surface area (Å²) in [7, 11) is 0. The van der Waals surface area contributed by atoms with Crippen molar-refractivity contribution in [2.45, 2.75) is 34.1 Å². The van der Waals surface area contributed by atoms with Gasteiger partial charge in [0, 0.05) is 6.42 Å². The molecule has 0 aliphatic carbocycles. The zero-order valence-electron chi connectivity index (χ0n) is 9.34. The van der Waals surface area contributed by atoms with E-state index in [1.165, 1.54) is 0 Å². The summed E-state index contributed by atoms with van der Waals surface area (Å²) in [6.45, 7) is 13.5. The Kier molecular flexibility index (Phi) is 30.8. The molecule has 0 saturated heterocycles. The largest absolute Gasteiger partial charge is 0.300 e. The van der Waals surface area contributed by atoms with E-state index in [-0.39, 0.29) is 5.78 Å².